The van der Waals surface area contributed by atoms with Gasteiger partial charge in [-0.05, 0) is 36.2 Å². The maximum absolute atomic E-state index is 13.7. The predicted octanol–water partition coefficient (Wildman–Crippen LogP) is 5.07. The third-order valence-electron chi connectivity index (χ3n) is 5.79. The van der Waals surface area contributed by atoms with E-state index in [0.29, 0.717) is 30.0 Å². The first-order chi connectivity index (χ1) is 14.3. The third kappa shape index (κ3) is 3.17. The monoisotopic (exact) mass is 417 g/mol. The summed E-state index contributed by atoms with van der Waals surface area (Å²) in [5.74, 6) is -0.0921. The second kappa shape index (κ2) is 7.47. The summed E-state index contributed by atoms with van der Waals surface area (Å²) in [5.41, 5.74) is -0.836. The summed E-state index contributed by atoms with van der Waals surface area (Å²) < 4.78 is 52.0. The van der Waals surface area contributed by atoms with Crippen molar-refractivity contribution in [2.45, 2.75) is 31.7 Å². The molecule has 2 aliphatic rings. The van der Waals surface area contributed by atoms with Crippen molar-refractivity contribution in [3.8, 4) is 5.75 Å². The summed E-state index contributed by atoms with van der Waals surface area (Å²) in [6.45, 7) is 2.03. The standard InChI is InChI=1S/C23H22F3NO3/c1-15-7-5-6-12-30-22(15)19-13-17(29-2)10-11-20(19)27(21(22)28)14-16-8-3-4-9-18(16)23(24,25)26/h3-5,7-11,13,15H,6,12,14H2,1-2H3/t15-,22-/m1/s1. The van der Waals surface area contributed by atoms with Gasteiger partial charge in [-0.15, -0.1) is 0 Å². The van der Waals surface area contributed by atoms with Crippen molar-refractivity contribution in [2.24, 2.45) is 5.92 Å². The number of amides is 1. The molecule has 0 saturated carbocycles. The lowest BCUT2D eigenvalue weighted by Gasteiger charge is -2.32. The highest BCUT2D eigenvalue weighted by Crippen LogP contribution is 2.50. The Hall–Kier alpha value is -2.80. The molecule has 30 heavy (non-hydrogen) atoms. The van der Waals surface area contributed by atoms with Gasteiger partial charge in [-0.3, -0.25) is 4.79 Å². The number of halogens is 3. The van der Waals surface area contributed by atoms with E-state index in [1.165, 1.54) is 24.1 Å². The van der Waals surface area contributed by atoms with Crippen molar-refractivity contribution < 1.29 is 27.4 Å². The van der Waals surface area contributed by atoms with Gasteiger partial charge in [-0.25, -0.2) is 0 Å². The molecule has 0 aromatic heterocycles. The van der Waals surface area contributed by atoms with Gasteiger partial charge in [0.15, 0.2) is 5.60 Å². The normalized spacial score (nSPS) is 23.6. The molecular weight excluding hydrogens is 395 g/mol. The van der Waals surface area contributed by atoms with Gasteiger partial charge in [0.2, 0.25) is 0 Å². The molecule has 158 valence electrons. The number of anilines is 1. The molecule has 7 heteroatoms. The van der Waals surface area contributed by atoms with Crippen molar-refractivity contribution in [1.29, 1.82) is 0 Å². The van der Waals surface area contributed by atoms with Crippen LogP contribution < -0.4 is 9.64 Å². The van der Waals surface area contributed by atoms with E-state index in [4.69, 9.17) is 9.47 Å². The van der Waals surface area contributed by atoms with Crippen LogP contribution in [0.1, 0.15) is 30.0 Å². The Morgan fingerprint density at radius 1 is 1.23 bits per heavy atom. The van der Waals surface area contributed by atoms with Gasteiger partial charge in [0.1, 0.15) is 5.75 Å². The number of fused-ring (bicyclic) bond motifs is 2. The Morgan fingerprint density at radius 3 is 2.73 bits per heavy atom. The molecule has 2 aromatic rings. The topological polar surface area (TPSA) is 38.8 Å². The number of alkyl halides is 3. The van der Waals surface area contributed by atoms with Gasteiger partial charge in [0, 0.05) is 11.5 Å². The lowest BCUT2D eigenvalue weighted by atomic mass is 9.83. The molecule has 4 nitrogen and oxygen atoms in total. The zero-order valence-corrected chi connectivity index (χ0v) is 16.7. The summed E-state index contributed by atoms with van der Waals surface area (Å²) in [5, 5.41) is 0. The Bertz CT molecular complexity index is 1000. The molecule has 0 radical (unpaired) electrons. The van der Waals surface area contributed by atoms with Crippen LogP contribution in [-0.4, -0.2) is 19.6 Å². The predicted molar refractivity (Wildman–Crippen MR) is 106 cm³/mol. The van der Waals surface area contributed by atoms with E-state index in [0.717, 1.165) is 6.07 Å². The number of methoxy groups -OCH3 is 1. The first kappa shape index (κ1) is 20.5. The maximum atomic E-state index is 13.7. The summed E-state index contributed by atoms with van der Waals surface area (Å²) in [6.07, 6.45) is 0.0552. The number of ether oxygens (including phenoxy) is 2. The van der Waals surface area contributed by atoms with E-state index >= 15 is 0 Å². The number of carbonyl (C=O) groups excluding carboxylic acids is 1. The first-order valence-corrected chi connectivity index (χ1v) is 9.75. The minimum absolute atomic E-state index is 0.0361. The molecular formula is C23H22F3NO3. The molecule has 0 unspecified atom stereocenters. The van der Waals surface area contributed by atoms with Crippen LogP contribution >= 0.6 is 0 Å². The van der Waals surface area contributed by atoms with Crippen LogP contribution in [0, 0.1) is 5.92 Å². The number of carbonyl (C=O) groups is 1. The lowest BCUT2D eigenvalue weighted by Crippen LogP contribution is -2.46. The average Bonchev–Trinajstić information content (AvgIpc) is 2.83. The molecule has 1 amide bonds. The summed E-state index contributed by atoms with van der Waals surface area (Å²) in [6, 6.07) is 10.5. The Morgan fingerprint density at radius 2 is 2.00 bits per heavy atom. The molecule has 0 aliphatic carbocycles. The highest BCUT2D eigenvalue weighted by Gasteiger charge is 2.55. The minimum Gasteiger partial charge on any atom is -0.497 e. The van der Waals surface area contributed by atoms with Gasteiger partial charge in [-0.2, -0.15) is 13.2 Å². The number of benzene rings is 2. The van der Waals surface area contributed by atoms with Gasteiger partial charge in [0.05, 0.1) is 31.5 Å². The zero-order valence-electron chi connectivity index (χ0n) is 16.7. The summed E-state index contributed by atoms with van der Waals surface area (Å²) in [7, 11) is 1.53. The van der Waals surface area contributed by atoms with E-state index < -0.39 is 17.3 Å². The second-order valence-electron chi connectivity index (χ2n) is 7.52. The fraction of sp³-hybridized carbons (Fsp3) is 0.348. The smallest absolute Gasteiger partial charge is 0.416 e. The third-order valence-corrected chi connectivity index (χ3v) is 5.79. The van der Waals surface area contributed by atoms with Gasteiger partial charge in [-0.1, -0.05) is 37.3 Å². The van der Waals surface area contributed by atoms with Gasteiger partial charge >= 0.3 is 6.18 Å². The SMILES string of the molecule is COc1ccc2c(c1)[C@@]1(OCCC=C[C@H]1C)C(=O)N2Cc1ccccc1C(F)(F)F. The van der Waals surface area contributed by atoms with Gasteiger partial charge in [0.25, 0.3) is 5.91 Å². The molecule has 0 bridgehead atoms. The molecule has 0 fully saturated rings. The Labute approximate surface area is 172 Å². The molecule has 2 heterocycles. The number of nitrogens with zero attached hydrogens (tertiary/aromatic N) is 1. The molecule has 2 atom stereocenters. The van der Waals surface area contributed by atoms with Crippen LogP contribution in [-0.2, 0) is 27.9 Å². The van der Waals surface area contributed by atoms with Crippen molar-refractivity contribution in [2.75, 3.05) is 18.6 Å². The molecule has 4 rings (SSSR count). The number of rotatable bonds is 3. The number of hydrogen-bond acceptors (Lipinski definition) is 3. The fourth-order valence-electron chi connectivity index (χ4n) is 4.30. The largest absolute Gasteiger partial charge is 0.497 e. The quantitative estimate of drug-likeness (QED) is 0.655. The summed E-state index contributed by atoms with van der Waals surface area (Å²) >= 11 is 0. The van der Waals surface area contributed by atoms with Crippen molar-refractivity contribution in [3.63, 3.8) is 0 Å². The van der Waals surface area contributed by atoms with Crippen LogP contribution in [0.5, 0.6) is 5.75 Å². The lowest BCUT2D eigenvalue weighted by molar-refractivity contribution is -0.148. The molecule has 2 aliphatic heterocycles. The van der Waals surface area contributed by atoms with Crippen LogP contribution in [0.3, 0.4) is 0 Å². The fourth-order valence-corrected chi connectivity index (χ4v) is 4.30. The van der Waals surface area contributed by atoms with Gasteiger partial charge < -0.3 is 14.4 Å². The van der Waals surface area contributed by atoms with Crippen molar-refractivity contribution in [1.82, 2.24) is 0 Å². The number of hydrogen-bond donors (Lipinski definition) is 0. The zero-order chi connectivity index (χ0) is 21.5. The van der Waals surface area contributed by atoms with Crippen LogP contribution in [0.15, 0.2) is 54.6 Å². The highest BCUT2D eigenvalue weighted by molar-refractivity contribution is 6.07. The molecule has 2 aromatic carbocycles. The van der Waals surface area contributed by atoms with E-state index in [1.807, 2.05) is 19.1 Å². The average molecular weight is 417 g/mol. The molecule has 1 spiro atoms. The second-order valence-corrected chi connectivity index (χ2v) is 7.52. The first-order valence-electron chi connectivity index (χ1n) is 9.75. The Kier molecular flexibility index (Phi) is 5.10. The molecule has 0 saturated heterocycles. The van der Waals surface area contributed by atoms with E-state index in [9.17, 15) is 18.0 Å². The van der Waals surface area contributed by atoms with Crippen LogP contribution in [0.25, 0.3) is 0 Å². The highest BCUT2D eigenvalue weighted by atomic mass is 19.4. The van der Waals surface area contributed by atoms with Crippen LogP contribution in [0.4, 0.5) is 18.9 Å². The van der Waals surface area contributed by atoms with Crippen molar-refractivity contribution in [3.05, 3.63) is 71.3 Å². The van der Waals surface area contributed by atoms with Crippen LogP contribution in [0.2, 0.25) is 0 Å². The molecule has 0 N–H and O–H groups in total. The van der Waals surface area contributed by atoms with E-state index in [1.54, 1.807) is 24.3 Å². The maximum Gasteiger partial charge on any atom is 0.416 e. The van der Waals surface area contributed by atoms with E-state index in [-0.39, 0.29) is 23.9 Å². The Balaban J connectivity index is 1.84. The minimum atomic E-state index is -4.51. The summed E-state index contributed by atoms with van der Waals surface area (Å²) in [4.78, 5) is 15.1. The van der Waals surface area contributed by atoms with Crippen molar-refractivity contribution >= 4 is 11.6 Å². The van der Waals surface area contributed by atoms with E-state index in [2.05, 4.69) is 0 Å².